The van der Waals surface area contributed by atoms with E-state index in [1.807, 2.05) is 0 Å². The minimum absolute atomic E-state index is 0.107. The first-order chi connectivity index (χ1) is 9.20. The lowest BCUT2D eigenvalue weighted by atomic mass is 10.0. The zero-order valence-corrected chi connectivity index (χ0v) is 11.0. The number of carbonyl (C=O) groups is 2. The van der Waals surface area contributed by atoms with Gasteiger partial charge in [0.2, 0.25) is 11.8 Å². The molecule has 0 aromatic heterocycles. The summed E-state index contributed by atoms with van der Waals surface area (Å²) < 4.78 is 0. The van der Waals surface area contributed by atoms with Crippen LogP contribution >= 0.6 is 0 Å². The highest BCUT2D eigenvalue weighted by molar-refractivity contribution is 6.01. The summed E-state index contributed by atoms with van der Waals surface area (Å²) in [5.74, 6) is -0.864. The van der Waals surface area contributed by atoms with Crippen LogP contribution in [0, 0.1) is 10.1 Å². The molecular formula is C12H14N4O4. The molecular weight excluding hydrogens is 264 g/mol. The number of primary amides is 1. The Hall–Kier alpha value is -2.64. The lowest BCUT2D eigenvalue weighted by molar-refractivity contribution is -0.384. The largest absolute Gasteiger partial charge is 0.368 e. The molecule has 0 radical (unpaired) electrons. The topological polar surface area (TPSA) is 127 Å². The fourth-order valence-electron chi connectivity index (χ4n) is 1.91. The molecule has 106 valence electrons. The van der Waals surface area contributed by atoms with Crippen LogP contribution in [0.1, 0.15) is 19.4 Å². The monoisotopic (exact) mass is 278 g/mol. The van der Waals surface area contributed by atoms with E-state index in [9.17, 15) is 19.7 Å². The molecule has 1 aromatic carbocycles. The van der Waals surface area contributed by atoms with Gasteiger partial charge < -0.3 is 16.4 Å². The average Bonchev–Trinajstić information content (AvgIpc) is 2.66. The Morgan fingerprint density at radius 2 is 2.15 bits per heavy atom. The summed E-state index contributed by atoms with van der Waals surface area (Å²) in [6, 6.07) is 2.77. The minimum Gasteiger partial charge on any atom is -0.368 e. The first-order valence-corrected chi connectivity index (χ1v) is 5.90. The zero-order valence-electron chi connectivity index (χ0n) is 11.0. The molecule has 0 saturated heterocycles. The normalized spacial score (nSPS) is 13.6. The van der Waals surface area contributed by atoms with E-state index in [-0.39, 0.29) is 23.7 Å². The number of nitrogens with one attached hydrogen (secondary N) is 2. The fraction of sp³-hybridized carbons (Fsp3) is 0.333. The summed E-state index contributed by atoms with van der Waals surface area (Å²) in [6.07, 6.45) is 0.107. The summed E-state index contributed by atoms with van der Waals surface area (Å²) in [4.78, 5) is 33.2. The SMILES string of the molecule is CC(C)(Nc1cc2c(cc1[N+](=O)[O-])CC(=O)N2)C(N)=O. The molecule has 0 atom stereocenters. The molecule has 8 heteroatoms. The van der Waals surface area contributed by atoms with Gasteiger partial charge >= 0.3 is 0 Å². The van der Waals surface area contributed by atoms with Gasteiger partial charge in [-0.05, 0) is 25.5 Å². The van der Waals surface area contributed by atoms with Crippen molar-refractivity contribution in [1.29, 1.82) is 0 Å². The van der Waals surface area contributed by atoms with Crippen molar-refractivity contribution in [1.82, 2.24) is 0 Å². The molecule has 4 N–H and O–H groups in total. The summed E-state index contributed by atoms with van der Waals surface area (Å²) in [5, 5.41) is 16.4. The number of benzene rings is 1. The Kier molecular flexibility index (Phi) is 3.09. The van der Waals surface area contributed by atoms with Crippen molar-refractivity contribution >= 4 is 28.9 Å². The molecule has 20 heavy (non-hydrogen) atoms. The summed E-state index contributed by atoms with van der Waals surface area (Å²) >= 11 is 0. The van der Waals surface area contributed by atoms with Crippen LogP contribution in [0.2, 0.25) is 0 Å². The summed E-state index contributed by atoms with van der Waals surface area (Å²) in [6.45, 7) is 3.04. The highest BCUT2D eigenvalue weighted by Crippen LogP contribution is 2.35. The molecule has 0 unspecified atom stereocenters. The number of nitrogens with zero attached hydrogens (tertiary/aromatic N) is 1. The Labute approximate surface area is 114 Å². The molecule has 8 nitrogen and oxygen atoms in total. The maximum atomic E-state index is 11.3. The van der Waals surface area contributed by atoms with Crippen molar-refractivity contribution in [3.63, 3.8) is 0 Å². The van der Waals surface area contributed by atoms with Crippen molar-refractivity contribution in [2.75, 3.05) is 10.6 Å². The molecule has 0 saturated carbocycles. The van der Waals surface area contributed by atoms with Crippen LogP contribution < -0.4 is 16.4 Å². The summed E-state index contributed by atoms with van der Waals surface area (Å²) in [5.41, 5.74) is 5.09. The average molecular weight is 278 g/mol. The Morgan fingerprint density at radius 1 is 1.50 bits per heavy atom. The minimum atomic E-state index is -1.15. The first-order valence-electron chi connectivity index (χ1n) is 5.90. The van der Waals surface area contributed by atoms with E-state index in [1.54, 1.807) is 0 Å². The second-order valence-electron chi connectivity index (χ2n) is 5.12. The van der Waals surface area contributed by atoms with Gasteiger partial charge in [-0.3, -0.25) is 19.7 Å². The van der Waals surface area contributed by atoms with Crippen molar-refractivity contribution < 1.29 is 14.5 Å². The van der Waals surface area contributed by atoms with Crippen LogP contribution in [0.15, 0.2) is 12.1 Å². The van der Waals surface area contributed by atoms with Crippen LogP contribution in [-0.4, -0.2) is 22.3 Å². The molecule has 2 amide bonds. The van der Waals surface area contributed by atoms with Gasteiger partial charge in [0.05, 0.1) is 11.3 Å². The van der Waals surface area contributed by atoms with Crippen molar-refractivity contribution in [2.45, 2.75) is 25.8 Å². The lowest BCUT2D eigenvalue weighted by Crippen LogP contribution is -2.45. The number of nitro groups is 1. The number of rotatable bonds is 4. The molecule has 1 heterocycles. The van der Waals surface area contributed by atoms with Crippen LogP contribution in [0.5, 0.6) is 0 Å². The van der Waals surface area contributed by atoms with E-state index in [4.69, 9.17) is 5.73 Å². The van der Waals surface area contributed by atoms with Crippen LogP contribution in [0.25, 0.3) is 0 Å². The van der Waals surface area contributed by atoms with Gasteiger partial charge in [0, 0.05) is 11.8 Å². The van der Waals surface area contributed by atoms with E-state index >= 15 is 0 Å². The second kappa shape index (κ2) is 4.48. The second-order valence-corrected chi connectivity index (χ2v) is 5.12. The third kappa shape index (κ3) is 2.40. The summed E-state index contributed by atoms with van der Waals surface area (Å²) in [7, 11) is 0. The van der Waals surface area contributed by atoms with E-state index < -0.39 is 16.4 Å². The molecule has 2 rings (SSSR count). The molecule has 0 bridgehead atoms. The van der Waals surface area contributed by atoms with Gasteiger partial charge in [-0.1, -0.05) is 0 Å². The van der Waals surface area contributed by atoms with Gasteiger partial charge in [0.1, 0.15) is 11.2 Å². The number of hydrogen-bond acceptors (Lipinski definition) is 5. The van der Waals surface area contributed by atoms with Crippen LogP contribution in [0.3, 0.4) is 0 Å². The van der Waals surface area contributed by atoms with E-state index in [2.05, 4.69) is 10.6 Å². The van der Waals surface area contributed by atoms with Gasteiger partial charge in [0.25, 0.3) is 5.69 Å². The Bertz CT molecular complexity index is 624. The highest BCUT2D eigenvalue weighted by atomic mass is 16.6. The smallest absolute Gasteiger partial charge is 0.292 e. The molecule has 0 fully saturated rings. The standard InChI is InChI=1S/C12H14N4O4/c1-12(2,11(13)18)15-8-5-7-6(4-10(17)14-7)3-9(8)16(19)20/h3,5,15H,4H2,1-2H3,(H2,13,18)(H,14,17). The van der Waals surface area contributed by atoms with Crippen molar-refractivity contribution in [2.24, 2.45) is 5.73 Å². The molecule has 0 aliphatic carbocycles. The third-order valence-electron chi connectivity index (χ3n) is 3.11. The van der Waals surface area contributed by atoms with Crippen LogP contribution in [-0.2, 0) is 16.0 Å². The number of carbonyl (C=O) groups excluding carboxylic acids is 2. The van der Waals surface area contributed by atoms with Crippen LogP contribution in [0.4, 0.5) is 17.1 Å². The molecule has 1 aliphatic heterocycles. The lowest BCUT2D eigenvalue weighted by Gasteiger charge is -2.23. The zero-order chi connectivity index (χ0) is 15.1. The van der Waals surface area contributed by atoms with E-state index in [1.165, 1.54) is 26.0 Å². The number of nitro benzene ring substituents is 1. The third-order valence-corrected chi connectivity index (χ3v) is 3.11. The Balaban J connectivity index is 2.47. The number of hydrogen-bond donors (Lipinski definition) is 3. The highest BCUT2D eigenvalue weighted by Gasteiger charge is 2.30. The maximum Gasteiger partial charge on any atom is 0.292 e. The van der Waals surface area contributed by atoms with Crippen molar-refractivity contribution in [3.05, 3.63) is 27.8 Å². The van der Waals surface area contributed by atoms with Gasteiger partial charge in [-0.25, -0.2) is 0 Å². The maximum absolute atomic E-state index is 11.3. The van der Waals surface area contributed by atoms with Gasteiger partial charge in [-0.2, -0.15) is 0 Å². The molecule has 1 aliphatic rings. The first kappa shape index (κ1) is 13.8. The molecule has 0 spiro atoms. The number of anilines is 2. The predicted molar refractivity (Wildman–Crippen MR) is 72.3 cm³/mol. The predicted octanol–water partition coefficient (Wildman–Crippen LogP) is 0.765. The van der Waals surface area contributed by atoms with Gasteiger partial charge in [-0.15, -0.1) is 0 Å². The fourth-order valence-corrected chi connectivity index (χ4v) is 1.91. The quantitative estimate of drug-likeness (QED) is 0.553. The number of fused-ring (bicyclic) bond motifs is 1. The van der Waals surface area contributed by atoms with E-state index in [0.717, 1.165) is 0 Å². The number of nitrogens with two attached hydrogens (primary N) is 1. The number of amides is 2. The Morgan fingerprint density at radius 3 is 2.70 bits per heavy atom. The molecule has 1 aromatic rings. The van der Waals surface area contributed by atoms with Gasteiger partial charge in [0.15, 0.2) is 0 Å². The van der Waals surface area contributed by atoms with E-state index in [0.29, 0.717) is 11.3 Å². The van der Waals surface area contributed by atoms with Crippen molar-refractivity contribution in [3.8, 4) is 0 Å².